The number of nitrogens with two attached hydrogens (primary N) is 1. The predicted molar refractivity (Wildman–Crippen MR) is 88.4 cm³/mol. The molecular weight excluding hydrogens is 280 g/mol. The zero-order valence-electron chi connectivity index (χ0n) is 12.1. The van der Waals surface area contributed by atoms with Crippen LogP contribution in [0.1, 0.15) is 28.1 Å². The zero-order chi connectivity index (χ0) is 15.0. The molecular formula is C17H18N2OS. The summed E-state index contributed by atoms with van der Waals surface area (Å²) in [5, 5.41) is 0.968. The highest BCUT2D eigenvalue weighted by Crippen LogP contribution is 2.37. The summed E-state index contributed by atoms with van der Waals surface area (Å²) in [6, 6.07) is 5.98. The minimum atomic E-state index is -0.0297. The third-order valence-electron chi connectivity index (χ3n) is 3.89. The molecule has 1 heterocycles. The quantitative estimate of drug-likeness (QED) is 0.881. The number of benzene rings is 1. The number of nitrogens with zero attached hydrogens (tertiary/aromatic N) is 1. The van der Waals surface area contributed by atoms with E-state index in [9.17, 15) is 4.79 Å². The molecule has 0 aliphatic heterocycles. The first-order valence-corrected chi connectivity index (χ1v) is 7.93. The molecule has 2 N–H and O–H groups in total. The zero-order valence-corrected chi connectivity index (χ0v) is 12.9. The lowest BCUT2D eigenvalue weighted by Gasteiger charge is -2.19. The molecule has 1 amide bonds. The standard InChI is InChI=1S/C17H18N2OS/c1-3-9-19(10-12-7-8-12)17(20)16-14(18)13-6-4-5-11(2)15(13)21-16/h1,4-6,12H,7-10,18H2,2H3. The number of carbonyl (C=O) groups excluding carboxylic acids is 1. The van der Waals surface area contributed by atoms with Gasteiger partial charge in [-0.15, -0.1) is 17.8 Å². The predicted octanol–water partition coefficient (Wildman–Crippen LogP) is 3.28. The largest absolute Gasteiger partial charge is 0.397 e. The Labute approximate surface area is 128 Å². The van der Waals surface area contributed by atoms with Gasteiger partial charge in [-0.05, 0) is 31.2 Å². The molecule has 1 saturated carbocycles. The lowest BCUT2D eigenvalue weighted by Crippen LogP contribution is -2.33. The average Bonchev–Trinajstić information content (AvgIpc) is 3.22. The smallest absolute Gasteiger partial charge is 0.266 e. The summed E-state index contributed by atoms with van der Waals surface area (Å²) in [5.41, 5.74) is 7.93. The fraction of sp³-hybridized carbons (Fsp3) is 0.353. The SMILES string of the molecule is C#CCN(CC1CC1)C(=O)c1sc2c(C)cccc2c1N. The second-order valence-electron chi connectivity index (χ2n) is 5.63. The second-order valence-corrected chi connectivity index (χ2v) is 6.65. The van der Waals surface area contributed by atoms with Crippen molar-refractivity contribution < 1.29 is 4.79 Å². The molecule has 2 aromatic rings. The lowest BCUT2D eigenvalue weighted by molar-refractivity contribution is 0.0775. The molecule has 4 heteroatoms. The van der Waals surface area contributed by atoms with Crippen molar-refractivity contribution in [2.24, 2.45) is 5.92 Å². The van der Waals surface area contributed by atoms with E-state index in [0.717, 1.165) is 22.2 Å². The van der Waals surface area contributed by atoms with Crippen LogP contribution in [0.25, 0.3) is 10.1 Å². The van der Waals surface area contributed by atoms with Crippen molar-refractivity contribution in [1.82, 2.24) is 4.90 Å². The third kappa shape index (κ3) is 2.62. The van der Waals surface area contributed by atoms with Gasteiger partial charge in [-0.3, -0.25) is 4.79 Å². The van der Waals surface area contributed by atoms with Crippen LogP contribution in [0.2, 0.25) is 0 Å². The summed E-state index contributed by atoms with van der Waals surface area (Å²) >= 11 is 1.48. The minimum Gasteiger partial charge on any atom is -0.397 e. The molecule has 0 bridgehead atoms. The van der Waals surface area contributed by atoms with Crippen LogP contribution in [0, 0.1) is 25.2 Å². The highest BCUT2D eigenvalue weighted by atomic mass is 32.1. The van der Waals surface area contributed by atoms with Gasteiger partial charge < -0.3 is 10.6 Å². The number of hydrogen-bond donors (Lipinski definition) is 1. The van der Waals surface area contributed by atoms with E-state index in [4.69, 9.17) is 12.2 Å². The molecule has 3 rings (SSSR count). The maximum absolute atomic E-state index is 12.8. The van der Waals surface area contributed by atoms with Crippen LogP contribution >= 0.6 is 11.3 Å². The third-order valence-corrected chi connectivity index (χ3v) is 5.23. The molecule has 108 valence electrons. The fourth-order valence-electron chi connectivity index (χ4n) is 2.52. The Bertz CT molecular complexity index is 737. The van der Waals surface area contributed by atoms with Crippen LogP contribution in [0.3, 0.4) is 0 Å². The van der Waals surface area contributed by atoms with Crippen LogP contribution in [-0.4, -0.2) is 23.9 Å². The van der Waals surface area contributed by atoms with Gasteiger partial charge in [0.05, 0.1) is 12.2 Å². The number of thiophene rings is 1. The van der Waals surface area contributed by atoms with Crippen molar-refractivity contribution in [3.05, 3.63) is 28.6 Å². The van der Waals surface area contributed by atoms with Gasteiger partial charge in [0.1, 0.15) is 4.88 Å². The Balaban J connectivity index is 1.98. The van der Waals surface area contributed by atoms with Crippen molar-refractivity contribution in [3.63, 3.8) is 0 Å². The monoisotopic (exact) mass is 298 g/mol. The van der Waals surface area contributed by atoms with Gasteiger partial charge in [0.2, 0.25) is 0 Å². The van der Waals surface area contributed by atoms with Crippen molar-refractivity contribution in [1.29, 1.82) is 0 Å². The molecule has 0 spiro atoms. The number of nitrogen functional groups attached to an aromatic ring is 1. The molecule has 3 nitrogen and oxygen atoms in total. The van der Waals surface area contributed by atoms with Crippen LogP contribution < -0.4 is 5.73 Å². The van der Waals surface area contributed by atoms with Crippen molar-refractivity contribution in [2.75, 3.05) is 18.8 Å². The first kappa shape index (κ1) is 14.0. The Kier molecular flexibility index (Phi) is 3.60. The van der Waals surface area contributed by atoms with E-state index in [1.807, 2.05) is 25.1 Å². The Hall–Kier alpha value is -1.99. The summed E-state index contributed by atoms with van der Waals surface area (Å²) in [4.78, 5) is 15.1. The van der Waals surface area contributed by atoms with Crippen molar-refractivity contribution in [2.45, 2.75) is 19.8 Å². The summed E-state index contributed by atoms with van der Waals surface area (Å²) in [7, 11) is 0. The van der Waals surface area contributed by atoms with E-state index in [1.54, 1.807) is 4.90 Å². The number of rotatable bonds is 4. The average molecular weight is 298 g/mol. The Morgan fingerprint density at radius 1 is 1.52 bits per heavy atom. The molecule has 1 aromatic carbocycles. The summed E-state index contributed by atoms with van der Waals surface area (Å²) in [6.45, 7) is 3.13. The number of hydrogen-bond acceptors (Lipinski definition) is 3. The summed E-state index contributed by atoms with van der Waals surface area (Å²) in [5.74, 6) is 3.17. The topological polar surface area (TPSA) is 46.3 Å². The van der Waals surface area contributed by atoms with E-state index in [2.05, 4.69) is 5.92 Å². The molecule has 1 aromatic heterocycles. The van der Waals surface area contributed by atoms with Crippen LogP contribution in [-0.2, 0) is 0 Å². The molecule has 21 heavy (non-hydrogen) atoms. The molecule has 1 aliphatic carbocycles. The summed E-state index contributed by atoms with van der Waals surface area (Å²) < 4.78 is 1.09. The Morgan fingerprint density at radius 2 is 2.29 bits per heavy atom. The molecule has 0 unspecified atom stereocenters. The van der Waals surface area contributed by atoms with Crippen molar-refractivity contribution >= 4 is 33.0 Å². The van der Waals surface area contributed by atoms with Gasteiger partial charge in [0.15, 0.2) is 0 Å². The van der Waals surface area contributed by atoms with Gasteiger partial charge in [-0.25, -0.2) is 0 Å². The maximum atomic E-state index is 12.8. The first-order chi connectivity index (χ1) is 10.1. The number of aryl methyl sites for hydroxylation is 1. The van der Waals surface area contributed by atoms with Gasteiger partial charge >= 0.3 is 0 Å². The van der Waals surface area contributed by atoms with E-state index < -0.39 is 0 Å². The molecule has 1 fully saturated rings. The van der Waals surface area contributed by atoms with Crippen molar-refractivity contribution in [3.8, 4) is 12.3 Å². The Morgan fingerprint density at radius 3 is 2.90 bits per heavy atom. The highest BCUT2D eigenvalue weighted by Gasteiger charge is 2.28. The van der Waals surface area contributed by atoms with E-state index >= 15 is 0 Å². The first-order valence-electron chi connectivity index (χ1n) is 7.12. The molecule has 0 saturated heterocycles. The number of amides is 1. The molecule has 1 aliphatic rings. The number of terminal acetylenes is 1. The van der Waals surface area contributed by atoms with Gasteiger partial charge in [-0.2, -0.15) is 0 Å². The number of carbonyl (C=O) groups is 1. The van der Waals surface area contributed by atoms with Gasteiger partial charge in [-0.1, -0.05) is 24.1 Å². The van der Waals surface area contributed by atoms with E-state index in [1.165, 1.54) is 24.2 Å². The van der Waals surface area contributed by atoms with Crippen LogP contribution in [0.15, 0.2) is 18.2 Å². The van der Waals surface area contributed by atoms with Crippen LogP contribution in [0.4, 0.5) is 5.69 Å². The number of anilines is 1. The van der Waals surface area contributed by atoms with Gasteiger partial charge in [0.25, 0.3) is 5.91 Å². The maximum Gasteiger partial charge on any atom is 0.266 e. The minimum absolute atomic E-state index is 0.0297. The second kappa shape index (κ2) is 5.42. The van der Waals surface area contributed by atoms with E-state index in [0.29, 0.717) is 23.0 Å². The lowest BCUT2D eigenvalue weighted by atomic mass is 10.1. The highest BCUT2D eigenvalue weighted by molar-refractivity contribution is 7.21. The molecule has 0 radical (unpaired) electrons. The molecule has 0 atom stereocenters. The number of fused-ring (bicyclic) bond motifs is 1. The van der Waals surface area contributed by atoms with E-state index in [-0.39, 0.29) is 5.91 Å². The summed E-state index contributed by atoms with van der Waals surface area (Å²) in [6.07, 6.45) is 7.79. The van der Waals surface area contributed by atoms with Crippen LogP contribution in [0.5, 0.6) is 0 Å². The normalized spacial score (nSPS) is 14.1. The van der Waals surface area contributed by atoms with Gasteiger partial charge in [0, 0.05) is 16.6 Å². The fourth-order valence-corrected chi connectivity index (χ4v) is 3.68.